The quantitative estimate of drug-likeness (QED) is 0.708. The van der Waals surface area contributed by atoms with Gasteiger partial charge in [-0.2, -0.15) is 0 Å². The Morgan fingerprint density at radius 2 is 2.31 bits per heavy atom. The number of nitrogens with one attached hydrogen (secondary N) is 1. The summed E-state index contributed by atoms with van der Waals surface area (Å²) in [6.07, 6.45) is 4.88. The van der Waals surface area contributed by atoms with Gasteiger partial charge in [-0.25, -0.2) is 0 Å². The molecule has 0 saturated heterocycles. The van der Waals surface area contributed by atoms with E-state index in [2.05, 4.69) is 12.2 Å². The summed E-state index contributed by atoms with van der Waals surface area (Å²) >= 11 is 0. The third-order valence-electron chi connectivity index (χ3n) is 3.73. The molecule has 2 aliphatic carbocycles. The van der Waals surface area contributed by atoms with Crippen LogP contribution >= 0.6 is 0 Å². The molecule has 0 bridgehead atoms. The first kappa shape index (κ1) is 9.04. The van der Waals surface area contributed by atoms with E-state index in [1.807, 2.05) is 6.92 Å². The van der Waals surface area contributed by atoms with E-state index in [9.17, 15) is 4.79 Å². The fraction of sp³-hybridized carbons (Fsp3) is 0.909. The van der Waals surface area contributed by atoms with Gasteiger partial charge in [-0.1, -0.05) is 13.8 Å². The highest BCUT2D eigenvalue weighted by Crippen LogP contribution is 2.51. The Labute approximate surface area is 80.1 Å². The van der Waals surface area contributed by atoms with E-state index in [0.29, 0.717) is 6.04 Å². The minimum Gasteiger partial charge on any atom is -0.353 e. The monoisotopic (exact) mass is 181 g/mol. The van der Waals surface area contributed by atoms with Gasteiger partial charge in [0.25, 0.3) is 0 Å². The molecule has 0 aromatic rings. The van der Waals surface area contributed by atoms with Gasteiger partial charge < -0.3 is 5.32 Å². The van der Waals surface area contributed by atoms with Gasteiger partial charge in [0.05, 0.1) is 0 Å². The molecule has 4 atom stereocenters. The van der Waals surface area contributed by atoms with Gasteiger partial charge in [-0.15, -0.1) is 0 Å². The van der Waals surface area contributed by atoms with E-state index in [1.165, 1.54) is 19.3 Å². The van der Waals surface area contributed by atoms with Crippen molar-refractivity contribution in [1.82, 2.24) is 5.32 Å². The van der Waals surface area contributed by atoms with Gasteiger partial charge in [0, 0.05) is 12.0 Å². The Hall–Kier alpha value is -0.530. The third-order valence-corrected chi connectivity index (χ3v) is 3.73. The van der Waals surface area contributed by atoms with Crippen molar-refractivity contribution < 1.29 is 4.79 Å². The van der Waals surface area contributed by atoms with Crippen LogP contribution in [0.2, 0.25) is 0 Å². The average Bonchev–Trinajstić information content (AvgIpc) is 2.82. The molecule has 4 unspecified atom stereocenters. The largest absolute Gasteiger partial charge is 0.353 e. The van der Waals surface area contributed by atoms with Crippen molar-refractivity contribution in [2.24, 2.45) is 17.8 Å². The number of fused-ring (bicyclic) bond motifs is 1. The third kappa shape index (κ3) is 1.72. The molecule has 1 amide bonds. The molecule has 0 spiro atoms. The Bertz CT molecular complexity index is 214. The van der Waals surface area contributed by atoms with Crippen LogP contribution in [0.4, 0.5) is 0 Å². The molecule has 2 fully saturated rings. The number of carbonyl (C=O) groups is 1. The predicted molar refractivity (Wildman–Crippen MR) is 52.2 cm³/mol. The van der Waals surface area contributed by atoms with Crippen molar-refractivity contribution in [3.63, 3.8) is 0 Å². The molecule has 0 heterocycles. The Kier molecular flexibility index (Phi) is 2.31. The number of amides is 1. The summed E-state index contributed by atoms with van der Waals surface area (Å²) in [5.74, 6) is 2.26. The maximum absolute atomic E-state index is 11.6. The van der Waals surface area contributed by atoms with E-state index in [4.69, 9.17) is 0 Å². The molecule has 0 aromatic carbocycles. The van der Waals surface area contributed by atoms with Crippen LogP contribution < -0.4 is 5.32 Å². The fourth-order valence-corrected chi connectivity index (χ4v) is 2.39. The van der Waals surface area contributed by atoms with Gasteiger partial charge >= 0.3 is 0 Å². The summed E-state index contributed by atoms with van der Waals surface area (Å²) in [7, 11) is 0. The first-order valence-corrected chi connectivity index (χ1v) is 5.52. The lowest BCUT2D eigenvalue weighted by molar-refractivity contribution is -0.125. The predicted octanol–water partition coefficient (Wildman–Crippen LogP) is 1.95. The van der Waals surface area contributed by atoms with Gasteiger partial charge in [-0.05, 0) is 37.5 Å². The molecular formula is C11H19NO. The lowest BCUT2D eigenvalue weighted by Gasteiger charge is -2.16. The zero-order valence-corrected chi connectivity index (χ0v) is 8.55. The summed E-state index contributed by atoms with van der Waals surface area (Å²) in [4.78, 5) is 11.6. The summed E-state index contributed by atoms with van der Waals surface area (Å²) < 4.78 is 0. The van der Waals surface area contributed by atoms with Crippen molar-refractivity contribution in [3.8, 4) is 0 Å². The SMILES string of the molecule is CCC(C)C(=O)NC1CCC2CC21. The molecular weight excluding hydrogens is 162 g/mol. The fourth-order valence-electron chi connectivity index (χ4n) is 2.39. The molecule has 2 rings (SSSR count). The zero-order chi connectivity index (χ0) is 9.42. The minimum absolute atomic E-state index is 0.192. The van der Waals surface area contributed by atoms with Crippen LogP contribution in [0.5, 0.6) is 0 Å². The summed E-state index contributed by atoms with van der Waals surface area (Å²) in [5, 5.41) is 3.18. The Morgan fingerprint density at radius 1 is 1.54 bits per heavy atom. The molecule has 74 valence electrons. The Balaban J connectivity index is 1.80. The second kappa shape index (κ2) is 3.32. The van der Waals surface area contributed by atoms with E-state index in [1.54, 1.807) is 0 Å². The lowest BCUT2D eigenvalue weighted by Crippen LogP contribution is -2.38. The van der Waals surface area contributed by atoms with E-state index < -0.39 is 0 Å². The first-order chi connectivity index (χ1) is 6.22. The maximum Gasteiger partial charge on any atom is 0.223 e. The second-order valence-corrected chi connectivity index (χ2v) is 4.66. The van der Waals surface area contributed by atoms with Gasteiger partial charge in [0.1, 0.15) is 0 Å². The number of carbonyl (C=O) groups excluding carboxylic acids is 1. The topological polar surface area (TPSA) is 29.1 Å². The summed E-state index contributed by atoms with van der Waals surface area (Å²) in [5.41, 5.74) is 0. The number of hydrogen-bond acceptors (Lipinski definition) is 1. The van der Waals surface area contributed by atoms with Crippen LogP contribution in [0.15, 0.2) is 0 Å². The average molecular weight is 181 g/mol. The van der Waals surface area contributed by atoms with Crippen molar-refractivity contribution >= 4 is 5.91 Å². The van der Waals surface area contributed by atoms with E-state index in [-0.39, 0.29) is 11.8 Å². The molecule has 1 N–H and O–H groups in total. The van der Waals surface area contributed by atoms with Crippen molar-refractivity contribution in [2.45, 2.75) is 45.6 Å². The van der Waals surface area contributed by atoms with Gasteiger partial charge in [-0.3, -0.25) is 4.79 Å². The van der Waals surface area contributed by atoms with Crippen LogP contribution in [-0.4, -0.2) is 11.9 Å². The number of rotatable bonds is 3. The summed E-state index contributed by atoms with van der Waals surface area (Å²) in [6.45, 7) is 4.08. The standard InChI is InChI=1S/C11H19NO/c1-3-7(2)11(13)12-10-5-4-8-6-9(8)10/h7-10H,3-6H2,1-2H3,(H,12,13). The molecule has 2 nitrogen and oxygen atoms in total. The smallest absolute Gasteiger partial charge is 0.223 e. The molecule has 13 heavy (non-hydrogen) atoms. The molecule has 2 heteroatoms. The highest BCUT2D eigenvalue weighted by atomic mass is 16.1. The highest BCUT2D eigenvalue weighted by Gasteiger charge is 2.48. The second-order valence-electron chi connectivity index (χ2n) is 4.66. The van der Waals surface area contributed by atoms with Crippen LogP contribution in [0.3, 0.4) is 0 Å². The van der Waals surface area contributed by atoms with Crippen molar-refractivity contribution in [2.75, 3.05) is 0 Å². The Morgan fingerprint density at radius 3 is 2.77 bits per heavy atom. The zero-order valence-electron chi connectivity index (χ0n) is 8.55. The first-order valence-electron chi connectivity index (χ1n) is 5.52. The van der Waals surface area contributed by atoms with E-state index in [0.717, 1.165) is 18.3 Å². The maximum atomic E-state index is 11.6. The molecule has 2 aliphatic rings. The number of hydrogen-bond donors (Lipinski definition) is 1. The van der Waals surface area contributed by atoms with Crippen molar-refractivity contribution in [1.29, 1.82) is 0 Å². The van der Waals surface area contributed by atoms with Gasteiger partial charge in [0.2, 0.25) is 5.91 Å². The highest BCUT2D eigenvalue weighted by molar-refractivity contribution is 5.78. The molecule has 0 radical (unpaired) electrons. The van der Waals surface area contributed by atoms with Crippen LogP contribution in [0, 0.1) is 17.8 Å². The lowest BCUT2D eigenvalue weighted by atomic mass is 10.1. The molecule has 0 aliphatic heterocycles. The van der Waals surface area contributed by atoms with Crippen LogP contribution in [0.25, 0.3) is 0 Å². The van der Waals surface area contributed by atoms with E-state index >= 15 is 0 Å². The van der Waals surface area contributed by atoms with Gasteiger partial charge in [0.15, 0.2) is 0 Å². The minimum atomic E-state index is 0.192. The van der Waals surface area contributed by atoms with Crippen molar-refractivity contribution in [3.05, 3.63) is 0 Å². The normalized spacial score (nSPS) is 38.2. The van der Waals surface area contributed by atoms with Crippen LogP contribution in [0.1, 0.15) is 39.5 Å². The molecule has 2 saturated carbocycles. The summed E-state index contributed by atoms with van der Waals surface area (Å²) in [6, 6.07) is 0.520. The van der Waals surface area contributed by atoms with Crippen LogP contribution in [-0.2, 0) is 4.79 Å². The molecule has 0 aromatic heterocycles.